The molecular weight excluding hydrogens is 492 g/mol. The summed E-state index contributed by atoms with van der Waals surface area (Å²) >= 11 is 0. The predicted octanol–water partition coefficient (Wildman–Crippen LogP) is 9.13. The van der Waals surface area contributed by atoms with Crippen LogP contribution in [0.4, 0.5) is 0 Å². The minimum atomic E-state index is -0.508. The lowest BCUT2D eigenvalue weighted by Gasteiger charge is -2.36. The Balaban J connectivity index is 1.84. The Morgan fingerprint density at radius 3 is 1.85 bits per heavy atom. The molecule has 2 aliphatic carbocycles. The van der Waals surface area contributed by atoms with Crippen LogP contribution in [0.1, 0.15) is 84.8 Å². The second-order valence-corrected chi connectivity index (χ2v) is 11.6. The Labute approximate surface area is 242 Å². The maximum atomic E-state index is 9.71. The van der Waals surface area contributed by atoms with Crippen molar-refractivity contribution in [3.8, 4) is 11.5 Å². The summed E-state index contributed by atoms with van der Waals surface area (Å²) in [4.78, 5) is 0. The normalized spacial score (nSPS) is 23.8. The van der Waals surface area contributed by atoms with Crippen molar-refractivity contribution in [2.24, 2.45) is 11.8 Å². The Kier molecular flexibility index (Phi) is 10.1. The third-order valence-corrected chi connectivity index (χ3v) is 8.41. The molecule has 2 aliphatic rings. The quantitative estimate of drug-likeness (QED) is 0.275. The van der Waals surface area contributed by atoms with Gasteiger partial charge in [0.2, 0.25) is 0 Å². The first-order valence-corrected chi connectivity index (χ1v) is 15.3. The van der Waals surface area contributed by atoms with Gasteiger partial charge in [-0.05, 0) is 115 Å². The zero-order chi connectivity index (χ0) is 28.7. The Bertz CT molecular complexity index is 1240. The van der Waals surface area contributed by atoms with E-state index >= 15 is 0 Å². The molecule has 1 saturated carbocycles. The lowest BCUT2D eigenvalue weighted by Crippen LogP contribution is -2.30. The van der Waals surface area contributed by atoms with Crippen LogP contribution in [-0.2, 0) is 5.41 Å². The van der Waals surface area contributed by atoms with Gasteiger partial charge in [-0.3, -0.25) is 0 Å². The van der Waals surface area contributed by atoms with Gasteiger partial charge in [0.15, 0.2) is 0 Å². The van der Waals surface area contributed by atoms with Crippen LogP contribution in [0.2, 0.25) is 0 Å². The molecule has 3 heteroatoms. The van der Waals surface area contributed by atoms with Crippen LogP contribution < -0.4 is 9.47 Å². The summed E-state index contributed by atoms with van der Waals surface area (Å²) in [6, 6.07) is 17.3. The lowest BCUT2D eigenvalue weighted by molar-refractivity contribution is 0.122. The molecule has 0 spiro atoms. The highest BCUT2D eigenvalue weighted by atomic mass is 16.5. The van der Waals surface area contributed by atoms with E-state index < -0.39 is 11.5 Å². The molecule has 2 aromatic rings. The van der Waals surface area contributed by atoms with Gasteiger partial charge in [-0.15, -0.1) is 0 Å². The van der Waals surface area contributed by atoms with Gasteiger partial charge in [-0.1, -0.05) is 76.3 Å². The van der Waals surface area contributed by atoms with E-state index in [1.807, 2.05) is 12.1 Å². The Morgan fingerprint density at radius 1 is 0.850 bits per heavy atom. The second-order valence-electron chi connectivity index (χ2n) is 11.6. The van der Waals surface area contributed by atoms with Crippen molar-refractivity contribution in [3.63, 3.8) is 0 Å². The molecule has 0 aromatic heterocycles. The fraction of sp³-hybridized carbons (Fsp3) is 0.459. The van der Waals surface area contributed by atoms with Crippen LogP contribution >= 0.6 is 0 Å². The van der Waals surface area contributed by atoms with Gasteiger partial charge in [-0.2, -0.15) is 0 Å². The summed E-state index contributed by atoms with van der Waals surface area (Å²) in [6.45, 7) is 14.1. The molecule has 1 fully saturated rings. The molecule has 0 radical (unpaired) electrons. The minimum Gasteiger partial charge on any atom is -0.493 e. The fourth-order valence-electron chi connectivity index (χ4n) is 6.45. The van der Waals surface area contributed by atoms with Gasteiger partial charge in [0.25, 0.3) is 0 Å². The van der Waals surface area contributed by atoms with E-state index in [2.05, 4.69) is 95.3 Å². The first kappa shape index (κ1) is 29.9. The number of benzene rings is 2. The first-order valence-electron chi connectivity index (χ1n) is 15.3. The van der Waals surface area contributed by atoms with E-state index in [-0.39, 0.29) is 6.61 Å². The van der Waals surface area contributed by atoms with Crippen molar-refractivity contribution in [2.45, 2.75) is 85.2 Å². The highest BCUT2D eigenvalue weighted by molar-refractivity contribution is 5.72. The van der Waals surface area contributed by atoms with Crippen molar-refractivity contribution < 1.29 is 14.6 Å². The van der Waals surface area contributed by atoms with E-state index in [0.717, 1.165) is 43.3 Å². The van der Waals surface area contributed by atoms with Crippen molar-refractivity contribution >= 4 is 0 Å². The standard InChI is InChI=1S/C37H48O3/c1-7-10-12-35-28(6)34(9-3)36(13-11-8-2)37(35,30-14-18-32(19-15-30)39-24-27(5)38)31-16-20-33(21-17-31)40-25-29-22-26(4)23-29/h10-21,26-27,29,38H,7-9,22-25H2,1-6H3/b12-10-,13-11-. The summed E-state index contributed by atoms with van der Waals surface area (Å²) in [5, 5.41) is 9.71. The molecular formula is C37H48O3. The molecule has 3 nitrogen and oxygen atoms in total. The number of hydrogen-bond acceptors (Lipinski definition) is 3. The van der Waals surface area contributed by atoms with Crippen molar-refractivity contribution in [2.75, 3.05) is 13.2 Å². The predicted molar refractivity (Wildman–Crippen MR) is 167 cm³/mol. The van der Waals surface area contributed by atoms with Crippen molar-refractivity contribution in [1.82, 2.24) is 0 Å². The molecule has 2 aromatic carbocycles. The minimum absolute atomic E-state index is 0.277. The third kappa shape index (κ3) is 6.15. The van der Waals surface area contributed by atoms with Gasteiger partial charge < -0.3 is 14.6 Å². The number of allylic oxidation sites excluding steroid dienone is 8. The average molecular weight is 541 g/mol. The Hall–Kier alpha value is -3.04. The maximum absolute atomic E-state index is 9.71. The number of rotatable bonds is 13. The van der Waals surface area contributed by atoms with Crippen molar-refractivity contribution in [3.05, 3.63) is 106 Å². The highest BCUT2D eigenvalue weighted by Gasteiger charge is 2.46. The number of aliphatic hydroxyl groups is 1. The van der Waals surface area contributed by atoms with E-state index in [4.69, 9.17) is 9.47 Å². The molecule has 0 heterocycles. The monoisotopic (exact) mass is 540 g/mol. The average Bonchev–Trinajstić information content (AvgIpc) is 3.18. The van der Waals surface area contributed by atoms with Gasteiger partial charge in [0.1, 0.15) is 18.1 Å². The molecule has 214 valence electrons. The first-order chi connectivity index (χ1) is 19.3. The molecule has 0 amide bonds. The van der Waals surface area contributed by atoms with Crippen LogP contribution in [0.3, 0.4) is 0 Å². The zero-order valence-corrected chi connectivity index (χ0v) is 25.4. The summed E-state index contributed by atoms with van der Waals surface area (Å²) in [5.41, 5.74) is 7.45. The molecule has 2 unspecified atom stereocenters. The van der Waals surface area contributed by atoms with Crippen LogP contribution in [0.15, 0.2) is 95.1 Å². The second kappa shape index (κ2) is 13.5. The molecule has 2 atom stereocenters. The van der Waals surface area contributed by atoms with Gasteiger partial charge in [-0.25, -0.2) is 0 Å². The number of ether oxygens (including phenoxy) is 2. The number of aliphatic hydroxyl groups excluding tert-OH is 1. The van der Waals surface area contributed by atoms with Gasteiger partial charge in [0.05, 0.1) is 18.1 Å². The van der Waals surface area contributed by atoms with Crippen molar-refractivity contribution in [1.29, 1.82) is 0 Å². The topological polar surface area (TPSA) is 38.7 Å². The third-order valence-electron chi connectivity index (χ3n) is 8.41. The van der Waals surface area contributed by atoms with Crippen LogP contribution in [0, 0.1) is 11.8 Å². The smallest absolute Gasteiger partial charge is 0.119 e. The number of hydrogen-bond donors (Lipinski definition) is 1. The SMILES string of the molecule is CC/C=C\C1=C(C)C(CC)=C(/C=C\CC)C1(c1ccc(OCC(C)O)cc1)c1ccc(OCC2CC(C)C2)cc1. The highest BCUT2D eigenvalue weighted by Crippen LogP contribution is 2.55. The maximum Gasteiger partial charge on any atom is 0.119 e. The summed E-state index contributed by atoms with van der Waals surface area (Å²) < 4.78 is 12.1. The summed E-state index contributed by atoms with van der Waals surface area (Å²) in [6.07, 6.45) is 14.2. The van der Waals surface area contributed by atoms with Gasteiger partial charge >= 0.3 is 0 Å². The Morgan fingerprint density at radius 2 is 1.38 bits per heavy atom. The molecule has 0 saturated heterocycles. The molecule has 1 N–H and O–H groups in total. The van der Waals surface area contributed by atoms with E-state index in [1.165, 1.54) is 46.3 Å². The van der Waals surface area contributed by atoms with E-state index in [1.54, 1.807) is 6.92 Å². The van der Waals surface area contributed by atoms with Crippen LogP contribution in [0.5, 0.6) is 11.5 Å². The van der Waals surface area contributed by atoms with E-state index in [9.17, 15) is 5.11 Å². The fourth-order valence-corrected chi connectivity index (χ4v) is 6.45. The summed E-state index contributed by atoms with van der Waals surface area (Å²) in [7, 11) is 0. The van der Waals surface area contributed by atoms with Crippen LogP contribution in [0.25, 0.3) is 0 Å². The largest absolute Gasteiger partial charge is 0.493 e. The van der Waals surface area contributed by atoms with Gasteiger partial charge in [0, 0.05) is 0 Å². The van der Waals surface area contributed by atoms with E-state index in [0.29, 0.717) is 5.92 Å². The molecule has 4 rings (SSSR count). The molecule has 0 aliphatic heterocycles. The summed E-state index contributed by atoms with van der Waals surface area (Å²) in [5.74, 6) is 3.22. The lowest BCUT2D eigenvalue weighted by atomic mass is 9.65. The molecule has 0 bridgehead atoms. The molecule has 40 heavy (non-hydrogen) atoms. The zero-order valence-electron chi connectivity index (χ0n) is 25.4. The van der Waals surface area contributed by atoms with Crippen LogP contribution in [-0.4, -0.2) is 24.4 Å².